The summed E-state index contributed by atoms with van der Waals surface area (Å²) in [5.74, 6) is -0.342. The Morgan fingerprint density at radius 3 is 2.39 bits per heavy atom. The van der Waals surface area contributed by atoms with Crippen molar-refractivity contribution in [3.05, 3.63) is 35.9 Å². The first-order valence-corrected chi connectivity index (χ1v) is 10.9. The maximum absolute atomic E-state index is 12.9. The SMILES string of the molecule is CC(C)(C)OP(=O)(CCCBr)CCC(=O)OCc1ccccc1. The van der Waals surface area contributed by atoms with Gasteiger partial charge in [0.1, 0.15) is 6.61 Å². The monoisotopic (exact) mass is 404 g/mol. The van der Waals surface area contributed by atoms with E-state index in [4.69, 9.17) is 9.26 Å². The predicted octanol–water partition coefficient (Wildman–Crippen LogP) is 5.00. The van der Waals surface area contributed by atoms with Crippen LogP contribution in [0.15, 0.2) is 30.3 Å². The largest absolute Gasteiger partial charge is 0.461 e. The summed E-state index contributed by atoms with van der Waals surface area (Å²) in [6.07, 6.45) is 1.57. The molecule has 0 amide bonds. The Kier molecular flexibility index (Phi) is 8.52. The van der Waals surface area contributed by atoms with Crippen molar-refractivity contribution in [2.45, 2.75) is 45.8 Å². The third kappa shape index (κ3) is 9.29. The lowest BCUT2D eigenvalue weighted by molar-refractivity contribution is -0.144. The molecule has 130 valence electrons. The van der Waals surface area contributed by atoms with Gasteiger partial charge in [0.05, 0.1) is 12.0 Å². The Hall–Kier alpha value is -0.640. The maximum atomic E-state index is 12.9. The molecule has 0 saturated heterocycles. The molecule has 0 fully saturated rings. The topological polar surface area (TPSA) is 52.6 Å². The molecule has 0 spiro atoms. The lowest BCUT2D eigenvalue weighted by Crippen LogP contribution is -2.20. The molecule has 23 heavy (non-hydrogen) atoms. The molecule has 1 aromatic carbocycles. The van der Waals surface area contributed by atoms with Crippen LogP contribution in [0.3, 0.4) is 0 Å². The average molecular weight is 405 g/mol. The summed E-state index contributed by atoms with van der Waals surface area (Å²) in [6, 6.07) is 9.51. The van der Waals surface area contributed by atoms with Crippen LogP contribution >= 0.6 is 23.3 Å². The van der Waals surface area contributed by atoms with Crippen LogP contribution in [-0.2, 0) is 25.2 Å². The van der Waals surface area contributed by atoms with Gasteiger partial charge < -0.3 is 9.26 Å². The fourth-order valence-electron chi connectivity index (χ4n) is 2.07. The fraction of sp³-hybridized carbons (Fsp3) is 0.588. The minimum Gasteiger partial charge on any atom is -0.461 e. The molecule has 0 radical (unpaired) electrons. The van der Waals surface area contributed by atoms with Crippen LogP contribution < -0.4 is 0 Å². The van der Waals surface area contributed by atoms with Gasteiger partial charge in [-0.2, -0.15) is 0 Å². The summed E-state index contributed by atoms with van der Waals surface area (Å²) < 4.78 is 23.9. The van der Waals surface area contributed by atoms with Crippen molar-refractivity contribution in [3.63, 3.8) is 0 Å². The van der Waals surface area contributed by atoms with Crippen molar-refractivity contribution >= 4 is 29.3 Å². The third-order valence-corrected chi connectivity index (χ3v) is 6.32. The van der Waals surface area contributed by atoms with Gasteiger partial charge in [0.2, 0.25) is 7.37 Å². The number of benzene rings is 1. The van der Waals surface area contributed by atoms with Gasteiger partial charge in [-0.05, 0) is 32.8 Å². The molecule has 1 unspecified atom stereocenters. The van der Waals surface area contributed by atoms with Gasteiger partial charge in [-0.25, -0.2) is 0 Å². The molecule has 6 heteroatoms. The van der Waals surface area contributed by atoms with Crippen LogP contribution in [0.5, 0.6) is 0 Å². The summed E-state index contributed by atoms with van der Waals surface area (Å²) in [7, 11) is -2.84. The fourth-order valence-corrected chi connectivity index (χ4v) is 5.36. The second kappa shape index (κ2) is 9.61. The highest BCUT2D eigenvalue weighted by molar-refractivity contribution is 9.09. The van der Waals surface area contributed by atoms with E-state index < -0.39 is 13.0 Å². The van der Waals surface area contributed by atoms with Gasteiger partial charge in [-0.15, -0.1) is 0 Å². The van der Waals surface area contributed by atoms with Crippen molar-refractivity contribution in [3.8, 4) is 0 Å². The van der Waals surface area contributed by atoms with Crippen LogP contribution in [0, 0.1) is 0 Å². The van der Waals surface area contributed by atoms with Gasteiger partial charge in [0, 0.05) is 17.7 Å². The number of alkyl halides is 1. The first-order chi connectivity index (χ1) is 10.7. The standard InChI is InChI=1S/C17H26BrO4P/c1-17(2,3)22-23(20,12-7-11-18)13-10-16(19)21-14-15-8-5-4-6-9-15/h4-6,8-9H,7,10-14H2,1-3H3. The Labute approximate surface area is 147 Å². The molecule has 0 saturated carbocycles. The summed E-state index contributed by atoms with van der Waals surface area (Å²) in [5.41, 5.74) is 0.449. The van der Waals surface area contributed by atoms with E-state index in [2.05, 4.69) is 15.9 Å². The average Bonchev–Trinajstić information content (AvgIpc) is 2.48. The lowest BCUT2D eigenvalue weighted by Gasteiger charge is -2.27. The molecule has 0 aromatic heterocycles. The highest BCUT2D eigenvalue weighted by Crippen LogP contribution is 2.51. The van der Waals surface area contributed by atoms with E-state index in [1.54, 1.807) is 0 Å². The van der Waals surface area contributed by atoms with E-state index >= 15 is 0 Å². The van der Waals surface area contributed by atoms with Crippen molar-refractivity contribution in [2.24, 2.45) is 0 Å². The molecule has 0 bridgehead atoms. The van der Waals surface area contributed by atoms with Crippen LogP contribution in [-0.4, -0.2) is 29.2 Å². The Morgan fingerprint density at radius 1 is 1.17 bits per heavy atom. The number of ether oxygens (including phenoxy) is 1. The molecule has 1 aromatic rings. The van der Waals surface area contributed by atoms with E-state index in [1.807, 2.05) is 51.1 Å². The Balaban J connectivity index is 2.49. The van der Waals surface area contributed by atoms with Crippen molar-refractivity contribution in [1.82, 2.24) is 0 Å². The molecule has 0 N–H and O–H groups in total. The maximum Gasteiger partial charge on any atom is 0.306 e. The molecule has 0 aliphatic heterocycles. The summed E-state index contributed by atoms with van der Waals surface area (Å²) >= 11 is 3.34. The second-order valence-electron chi connectivity index (χ2n) is 6.40. The van der Waals surface area contributed by atoms with Gasteiger partial charge >= 0.3 is 5.97 Å². The molecule has 0 aliphatic carbocycles. The van der Waals surface area contributed by atoms with E-state index in [-0.39, 0.29) is 25.2 Å². The van der Waals surface area contributed by atoms with Gasteiger partial charge in [-0.3, -0.25) is 9.36 Å². The quantitative estimate of drug-likeness (QED) is 0.330. The second-order valence-corrected chi connectivity index (χ2v) is 9.90. The highest BCUT2D eigenvalue weighted by atomic mass is 79.9. The minimum atomic E-state index is -2.84. The van der Waals surface area contributed by atoms with Gasteiger partial charge in [0.25, 0.3) is 0 Å². The van der Waals surface area contributed by atoms with E-state index in [0.717, 1.165) is 17.3 Å². The first-order valence-electron chi connectivity index (χ1n) is 7.78. The van der Waals surface area contributed by atoms with E-state index in [9.17, 15) is 9.36 Å². The first kappa shape index (κ1) is 20.4. The van der Waals surface area contributed by atoms with E-state index in [1.165, 1.54) is 0 Å². The molecular weight excluding hydrogens is 379 g/mol. The number of hydrogen-bond acceptors (Lipinski definition) is 4. The van der Waals surface area contributed by atoms with Gasteiger partial charge in [0.15, 0.2) is 0 Å². The Bertz CT molecular complexity index is 525. The van der Waals surface area contributed by atoms with E-state index in [0.29, 0.717) is 6.16 Å². The highest BCUT2D eigenvalue weighted by Gasteiger charge is 2.29. The zero-order valence-corrected chi connectivity index (χ0v) is 16.6. The van der Waals surface area contributed by atoms with Crippen LogP contribution in [0.1, 0.15) is 39.2 Å². The van der Waals surface area contributed by atoms with Crippen LogP contribution in [0.25, 0.3) is 0 Å². The number of esters is 1. The lowest BCUT2D eigenvalue weighted by atomic mass is 10.2. The number of rotatable bonds is 9. The van der Waals surface area contributed by atoms with Crippen molar-refractivity contribution in [2.75, 3.05) is 17.7 Å². The van der Waals surface area contributed by atoms with Crippen molar-refractivity contribution in [1.29, 1.82) is 0 Å². The molecular formula is C17H26BrO4P. The Morgan fingerprint density at radius 2 is 1.83 bits per heavy atom. The van der Waals surface area contributed by atoms with Crippen LogP contribution in [0.2, 0.25) is 0 Å². The molecule has 1 atom stereocenters. The summed E-state index contributed by atoms with van der Waals surface area (Å²) in [6.45, 7) is 5.87. The zero-order valence-electron chi connectivity index (χ0n) is 14.1. The molecule has 1 rings (SSSR count). The van der Waals surface area contributed by atoms with Crippen molar-refractivity contribution < 1.29 is 18.6 Å². The summed E-state index contributed by atoms with van der Waals surface area (Å²) in [4.78, 5) is 11.9. The smallest absolute Gasteiger partial charge is 0.306 e. The number of carbonyl (C=O) groups excluding carboxylic acids is 1. The van der Waals surface area contributed by atoms with Gasteiger partial charge in [-0.1, -0.05) is 46.3 Å². The molecule has 0 aliphatic rings. The normalized spacial score (nSPS) is 14.3. The number of hydrogen-bond donors (Lipinski definition) is 0. The molecule has 4 nitrogen and oxygen atoms in total. The number of halogens is 1. The zero-order chi connectivity index (χ0) is 17.3. The van der Waals surface area contributed by atoms with Crippen LogP contribution in [0.4, 0.5) is 0 Å². The number of carbonyl (C=O) groups is 1. The minimum absolute atomic E-state index is 0.114. The molecule has 0 heterocycles. The summed E-state index contributed by atoms with van der Waals surface area (Å²) in [5, 5.41) is 0.767. The predicted molar refractivity (Wildman–Crippen MR) is 97.4 cm³/mol. The third-order valence-electron chi connectivity index (χ3n) is 2.97.